The number of rotatable bonds is 4. The van der Waals surface area contributed by atoms with Crippen molar-refractivity contribution in [3.63, 3.8) is 0 Å². The molecule has 0 spiro atoms. The highest BCUT2D eigenvalue weighted by Crippen LogP contribution is 2.29. The van der Waals surface area contributed by atoms with Gasteiger partial charge in [0.25, 0.3) is 0 Å². The van der Waals surface area contributed by atoms with Gasteiger partial charge in [-0.1, -0.05) is 12.1 Å². The molecule has 19 heavy (non-hydrogen) atoms. The normalized spacial score (nSPS) is 13.7. The number of aryl methyl sites for hydroxylation is 3. The summed E-state index contributed by atoms with van der Waals surface area (Å²) in [7, 11) is 1.70. The van der Waals surface area contributed by atoms with Crippen molar-refractivity contribution in [1.82, 2.24) is 4.98 Å². The SMILES string of the molecule is COc1ccc(CCc2nc3c(s2)NCCC3)cc1. The summed E-state index contributed by atoms with van der Waals surface area (Å²) >= 11 is 1.82. The summed E-state index contributed by atoms with van der Waals surface area (Å²) in [5.74, 6) is 0.915. The summed E-state index contributed by atoms with van der Waals surface area (Å²) in [4.78, 5) is 4.73. The molecule has 0 atom stereocenters. The first-order chi connectivity index (χ1) is 9.35. The summed E-state index contributed by atoms with van der Waals surface area (Å²) in [6, 6.07) is 8.29. The number of fused-ring (bicyclic) bond motifs is 1. The van der Waals surface area contributed by atoms with E-state index < -0.39 is 0 Å². The lowest BCUT2D eigenvalue weighted by Gasteiger charge is -2.10. The van der Waals surface area contributed by atoms with Crippen molar-refractivity contribution in [2.75, 3.05) is 19.0 Å². The third-order valence-corrected chi connectivity index (χ3v) is 4.52. The average Bonchev–Trinajstić information content (AvgIpc) is 2.88. The van der Waals surface area contributed by atoms with E-state index in [0.29, 0.717) is 0 Å². The van der Waals surface area contributed by atoms with E-state index in [4.69, 9.17) is 9.72 Å². The summed E-state index contributed by atoms with van der Waals surface area (Å²) in [6.45, 7) is 1.09. The van der Waals surface area contributed by atoms with Gasteiger partial charge in [-0.15, -0.1) is 11.3 Å². The Labute approximate surface area is 117 Å². The fourth-order valence-corrected chi connectivity index (χ4v) is 3.35. The van der Waals surface area contributed by atoms with Crippen LogP contribution >= 0.6 is 11.3 Å². The van der Waals surface area contributed by atoms with Crippen LogP contribution in [0, 0.1) is 0 Å². The zero-order chi connectivity index (χ0) is 13.1. The third-order valence-electron chi connectivity index (χ3n) is 3.40. The molecule has 0 bridgehead atoms. The minimum Gasteiger partial charge on any atom is -0.497 e. The maximum absolute atomic E-state index is 5.17. The van der Waals surface area contributed by atoms with Crippen molar-refractivity contribution in [2.24, 2.45) is 0 Å². The number of thiazole rings is 1. The van der Waals surface area contributed by atoms with Crippen LogP contribution in [0.1, 0.15) is 22.7 Å². The number of benzene rings is 1. The average molecular weight is 274 g/mol. The number of hydrogen-bond donors (Lipinski definition) is 1. The van der Waals surface area contributed by atoms with Crippen LogP contribution < -0.4 is 10.1 Å². The van der Waals surface area contributed by atoms with Gasteiger partial charge in [-0.3, -0.25) is 0 Å². The summed E-state index contributed by atoms with van der Waals surface area (Å²) < 4.78 is 5.17. The molecular weight excluding hydrogens is 256 g/mol. The summed E-state index contributed by atoms with van der Waals surface area (Å²) in [5.41, 5.74) is 2.60. The van der Waals surface area contributed by atoms with Gasteiger partial charge in [0.2, 0.25) is 0 Å². The van der Waals surface area contributed by atoms with Crippen LogP contribution in [0.5, 0.6) is 5.75 Å². The van der Waals surface area contributed by atoms with Crippen molar-refractivity contribution in [3.8, 4) is 5.75 Å². The zero-order valence-corrected chi connectivity index (χ0v) is 11.9. The van der Waals surface area contributed by atoms with Crippen molar-refractivity contribution in [1.29, 1.82) is 0 Å². The molecule has 4 heteroatoms. The standard InChI is InChI=1S/C15H18N2OS/c1-18-12-7-4-11(5-8-12)6-9-14-17-13-3-2-10-16-15(13)19-14/h4-5,7-8,16H,2-3,6,9-10H2,1H3. The van der Waals surface area contributed by atoms with Crippen LogP contribution in [0.2, 0.25) is 0 Å². The smallest absolute Gasteiger partial charge is 0.118 e. The molecule has 0 saturated heterocycles. The number of hydrogen-bond acceptors (Lipinski definition) is 4. The van der Waals surface area contributed by atoms with Crippen molar-refractivity contribution in [3.05, 3.63) is 40.5 Å². The summed E-state index contributed by atoms with van der Waals surface area (Å²) in [6.07, 6.45) is 4.39. The molecule has 0 amide bonds. The predicted octanol–water partition coefficient (Wildman–Crippen LogP) is 3.30. The number of aromatic nitrogens is 1. The lowest BCUT2D eigenvalue weighted by molar-refractivity contribution is 0.414. The van der Waals surface area contributed by atoms with E-state index in [0.717, 1.165) is 31.6 Å². The molecule has 2 heterocycles. The van der Waals surface area contributed by atoms with Gasteiger partial charge in [-0.05, 0) is 37.0 Å². The van der Waals surface area contributed by atoms with Crippen LogP contribution in [0.15, 0.2) is 24.3 Å². The Bertz CT molecular complexity index is 524. The second-order valence-electron chi connectivity index (χ2n) is 4.76. The molecule has 1 aromatic carbocycles. The van der Waals surface area contributed by atoms with Crippen molar-refractivity contribution >= 4 is 16.3 Å². The lowest BCUT2D eigenvalue weighted by Crippen LogP contribution is -2.09. The first-order valence-corrected chi connectivity index (χ1v) is 7.52. The number of anilines is 1. The minimum absolute atomic E-state index is 0.915. The van der Waals surface area contributed by atoms with Gasteiger partial charge >= 0.3 is 0 Å². The topological polar surface area (TPSA) is 34.1 Å². The highest BCUT2D eigenvalue weighted by atomic mass is 32.1. The molecule has 2 aromatic rings. The maximum Gasteiger partial charge on any atom is 0.118 e. The molecule has 0 fully saturated rings. The van der Waals surface area contributed by atoms with Crippen LogP contribution in [-0.4, -0.2) is 18.6 Å². The number of nitrogens with zero attached hydrogens (tertiary/aromatic N) is 1. The zero-order valence-electron chi connectivity index (χ0n) is 11.1. The Kier molecular flexibility index (Phi) is 3.69. The minimum atomic E-state index is 0.915. The molecule has 1 aromatic heterocycles. The number of methoxy groups -OCH3 is 1. The molecule has 1 aliphatic heterocycles. The molecule has 1 aliphatic rings. The Hall–Kier alpha value is -1.55. The van der Waals surface area contributed by atoms with E-state index in [9.17, 15) is 0 Å². The molecule has 1 N–H and O–H groups in total. The van der Waals surface area contributed by atoms with Crippen LogP contribution in [-0.2, 0) is 19.3 Å². The summed E-state index contributed by atoms with van der Waals surface area (Å²) in [5, 5.41) is 5.97. The fraction of sp³-hybridized carbons (Fsp3) is 0.400. The van der Waals surface area contributed by atoms with Gasteiger partial charge in [-0.2, -0.15) is 0 Å². The van der Waals surface area contributed by atoms with E-state index in [-0.39, 0.29) is 0 Å². The molecule has 3 rings (SSSR count). The Morgan fingerprint density at radius 1 is 1.26 bits per heavy atom. The Morgan fingerprint density at radius 3 is 2.84 bits per heavy atom. The second kappa shape index (κ2) is 5.61. The first-order valence-electron chi connectivity index (χ1n) is 6.70. The van der Waals surface area contributed by atoms with Gasteiger partial charge < -0.3 is 10.1 Å². The second-order valence-corrected chi connectivity index (χ2v) is 5.85. The van der Waals surface area contributed by atoms with Gasteiger partial charge in [0, 0.05) is 13.0 Å². The molecule has 0 unspecified atom stereocenters. The van der Waals surface area contributed by atoms with Crippen LogP contribution in [0.3, 0.4) is 0 Å². The molecule has 0 radical (unpaired) electrons. The van der Waals surface area contributed by atoms with E-state index >= 15 is 0 Å². The lowest BCUT2D eigenvalue weighted by atomic mass is 10.1. The number of nitrogens with one attached hydrogen (secondary N) is 1. The molecule has 0 aliphatic carbocycles. The predicted molar refractivity (Wildman–Crippen MR) is 79.3 cm³/mol. The van der Waals surface area contributed by atoms with Crippen molar-refractivity contribution < 1.29 is 4.74 Å². The first kappa shape index (κ1) is 12.5. The van der Waals surface area contributed by atoms with Gasteiger partial charge in [0.05, 0.1) is 17.8 Å². The molecule has 3 nitrogen and oxygen atoms in total. The van der Waals surface area contributed by atoms with E-state index in [2.05, 4.69) is 17.4 Å². The van der Waals surface area contributed by atoms with Gasteiger partial charge in [0.1, 0.15) is 10.8 Å². The highest BCUT2D eigenvalue weighted by Gasteiger charge is 2.14. The quantitative estimate of drug-likeness (QED) is 0.929. The highest BCUT2D eigenvalue weighted by molar-refractivity contribution is 7.15. The van der Waals surface area contributed by atoms with Crippen LogP contribution in [0.4, 0.5) is 5.00 Å². The Morgan fingerprint density at radius 2 is 2.11 bits per heavy atom. The van der Waals surface area contributed by atoms with E-state index in [1.54, 1.807) is 7.11 Å². The fourth-order valence-electron chi connectivity index (χ4n) is 2.32. The largest absolute Gasteiger partial charge is 0.497 e. The van der Waals surface area contributed by atoms with Gasteiger partial charge in [0.15, 0.2) is 0 Å². The van der Waals surface area contributed by atoms with Crippen molar-refractivity contribution in [2.45, 2.75) is 25.7 Å². The van der Waals surface area contributed by atoms with E-state index in [1.165, 1.54) is 27.7 Å². The maximum atomic E-state index is 5.17. The number of ether oxygens (including phenoxy) is 1. The van der Waals surface area contributed by atoms with Gasteiger partial charge in [-0.25, -0.2) is 4.98 Å². The monoisotopic (exact) mass is 274 g/mol. The molecular formula is C15H18N2OS. The van der Waals surface area contributed by atoms with E-state index in [1.807, 2.05) is 23.5 Å². The van der Waals surface area contributed by atoms with Crippen LogP contribution in [0.25, 0.3) is 0 Å². The molecule has 0 saturated carbocycles. The third kappa shape index (κ3) is 2.89. The molecule has 100 valence electrons. The Balaban J connectivity index is 1.63.